The van der Waals surface area contributed by atoms with Crippen LogP contribution >= 0.6 is 0 Å². The molecule has 134 valence electrons. The molecule has 5 heteroatoms. The maximum absolute atomic E-state index is 13.0. The van der Waals surface area contributed by atoms with Gasteiger partial charge in [-0.15, -0.1) is 0 Å². The third-order valence-electron chi connectivity index (χ3n) is 4.47. The number of ketones is 1. The number of furan rings is 1. The lowest BCUT2D eigenvalue weighted by molar-refractivity contribution is -0.117. The summed E-state index contributed by atoms with van der Waals surface area (Å²) in [5.74, 6) is -0.651. The highest BCUT2D eigenvalue weighted by atomic mass is 16.3. The first-order valence-corrected chi connectivity index (χ1v) is 8.65. The van der Waals surface area contributed by atoms with E-state index in [1.54, 1.807) is 22.7 Å². The van der Waals surface area contributed by atoms with E-state index in [4.69, 9.17) is 4.42 Å². The molecule has 4 aromatic rings. The number of aromatic nitrogens is 1. The average Bonchev–Trinajstić information content (AvgIpc) is 3.33. The number of rotatable bonds is 5. The van der Waals surface area contributed by atoms with E-state index < -0.39 is 11.7 Å². The van der Waals surface area contributed by atoms with Crippen molar-refractivity contribution in [3.63, 3.8) is 0 Å². The average molecular weight is 358 g/mol. The van der Waals surface area contributed by atoms with E-state index in [1.807, 2.05) is 55.5 Å². The van der Waals surface area contributed by atoms with Crippen LogP contribution in [-0.4, -0.2) is 16.1 Å². The second-order valence-electron chi connectivity index (χ2n) is 6.36. The number of aryl methyl sites for hydroxylation is 1. The van der Waals surface area contributed by atoms with Gasteiger partial charge < -0.3 is 14.1 Å². The standard InChI is InChI=1S/C22H18N2O3/c1-15-7-9-16(10-8-15)19-13-17-5-2-3-11-24(17)20(19)21(25)22(26)23-14-18-6-4-12-27-18/h2-13H,14H2,1H3,(H,23,26). The molecule has 5 nitrogen and oxygen atoms in total. The van der Waals surface area contributed by atoms with Crippen LogP contribution in [0.25, 0.3) is 16.6 Å². The fourth-order valence-electron chi connectivity index (χ4n) is 3.08. The molecule has 1 N–H and O–H groups in total. The van der Waals surface area contributed by atoms with E-state index in [1.165, 1.54) is 6.26 Å². The van der Waals surface area contributed by atoms with Crippen molar-refractivity contribution in [2.45, 2.75) is 13.5 Å². The van der Waals surface area contributed by atoms with E-state index >= 15 is 0 Å². The molecular formula is C22H18N2O3. The van der Waals surface area contributed by atoms with Gasteiger partial charge in [-0.25, -0.2) is 0 Å². The summed E-state index contributed by atoms with van der Waals surface area (Å²) in [7, 11) is 0. The summed E-state index contributed by atoms with van der Waals surface area (Å²) in [6.07, 6.45) is 3.32. The van der Waals surface area contributed by atoms with Crippen LogP contribution in [-0.2, 0) is 11.3 Å². The second-order valence-corrected chi connectivity index (χ2v) is 6.36. The molecule has 0 saturated heterocycles. The van der Waals surface area contributed by atoms with Crippen LogP contribution in [0.4, 0.5) is 0 Å². The normalized spacial score (nSPS) is 10.9. The van der Waals surface area contributed by atoms with Crippen LogP contribution in [0.5, 0.6) is 0 Å². The molecular weight excluding hydrogens is 340 g/mol. The maximum atomic E-state index is 13.0. The van der Waals surface area contributed by atoms with Crippen LogP contribution in [0.2, 0.25) is 0 Å². The monoisotopic (exact) mass is 358 g/mol. The minimum atomic E-state index is -0.663. The van der Waals surface area contributed by atoms with Crippen LogP contribution in [0.1, 0.15) is 21.8 Å². The first kappa shape index (κ1) is 16.8. The van der Waals surface area contributed by atoms with Gasteiger partial charge in [0.2, 0.25) is 0 Å². The Morgan fingerprint density at radius 1 is 1.04 bits per heavy atom. The Morgan fingerprint density at radius 2 is 1.85 bits per heavy atom. The van der Waals surface area contributed by atoms with Gasteiger partial charge in [-0.3, -0.25) is 9.59 Å². The van der Waals surface area contributed by atoms with Crippen LogP contribution in [0.3, 0.4) is 0 Å². The summed E-state index contributed by atoms with van der Waals surface area (Å²) < 4.78 is 6.95. The molecule has 0 aliphatic heterocycles. The number of nitrogens with one attached hydrogen (secondary N) is 1. The number of Topliss-reactive ketones (excluding diaryl/α,β-unsaturated/α-hetero) is 1. The van der Waals surface area contributed by atoms with Crippen molar-refractivity contribution in [1.29, 1.82) is 0 Å². The number of benzene rings is 1. The Bertz CT molecular complexity index is 1110. The van der Waals surface area contributed by atoms with Crippen molar-refractivity contribution in [2.24, 2.45) is 0 Å². The van der Waals surface area contributed by atoms with E-state index in [0.717, 1.165) is 22.2 Å². The first-order valence-electron chi connectivity index (χ1n) is 8.65. The number of hydrogen-bond acceptors (Lipinski definition) is 3. The molecule has 3 heterocycles. The number of fused-ring (bicyclic) bond motifs is 1. The second kappa shape index (κ2) is 6.96. The Hall–Kier alpha value is -3.60. The van der Waals surface area contributed by atoms with Gasteiger partial charge in [0.15, 0.2) is 0 Å². The van der Waals surface area contributed by atoms with Gasteiger partial charge in [0.1, 0.15) is 11.5 Å². The molecule has 0 saturated carbocycles. The van der Waals surface area contributed by atoms with Gasteiger partial charge in [-0.2, -0.15) is 0 Å². The third-order valence-corrected chi connectivity index (χ3v) is 4.47. The number of hydrogen-bond donors (Lipinski definition) is 1. The van der Waals surface area contributed by atoms with Crippen molar-refractivity contribution in [3.8, 4) is 11.1 Å². The number of amides is 1. The molecule has 0 atom stereocenters. The molecule has 1 aromatic carbocycles. The largest absolute Gasteiger partial charge is 0.467 e. The number of pyridine rings is 1. The summed E-state index contributed by atoms with van der Waals surface area (Å²) in [4.78, 5) is 25.5. The zero-order valence-corrected chi connectivity index (χ0v) is 14.8. The lowest BCUT2D eigenvalue weighted by Crippen LogP contribution is -2.31. The zero-order chi connectivity index (χ0) is 18.8. The predicted octanol–water partition coefficient (Wildman–Crippen LogP) is 4.01. The zero-order valence-electron chi connectivity index (χ0n) is 14.8. The molecule has 0 aliphatic rings. The molecule has 0 spiro atoms. The van der Waals surface area contributed by atoms with Gasteiger partial charge in [0.05, 0.1) is 12.8 Å². The molecule has 0 aliphatic carbocycles. The van der Waals surface area contributed by atoms with Crippen LogP contribution < -0.4 is 5.32 Å². The van der Waals surface area contributed by atoms with Crippen molar-refractivity contribution in [2.75, 3.05) is 0 Å². The van der Waals surface area contributed by atoms with Gasteiger partial charge >= 0.3 is 0 Å². The summed E-state index contributed by atoms with van der Waals surface area (Å²) in [6, 6.07) is 19.0. The highest BCUT2D eigenvalue weighted by Gasteiger charge is 2.24. The smallest absolute Gasteiger partial charge is 0.294 e. The van der Waals surface area contributed by atoms with Crippen molar-refractivity contribution >= 4 is 17.2 Å². The minimum Gasteiger partial charge on any atom is -0.467 e. The first-order chi connectivity index (χ1) is 13.1. The molecule has 3 aromatic heterocycles. The lowest BCUT2D eigenvalue weighted by Gasteiger charge is -2.07. The number of carbonyl (C=O) groups excluding carboxylic acids is 2. The Labute approximate surface area is 156 Å². The highest BCUT2D eigenvalue weighted by Crippen LogP contribution is 2.28. The molecule has 0 radical (unpaired) electrons. The lowest BCUT2D eigenvalue weighted by atomic mass is 10.0. The Balaban J connectivity index is 1.72. The fourth-order valence-corrected chi connectivity index (χ4v) is 3.08. The topological polar surface area (TPSA) is 63.7 Å². The summed E-state index contributed by atoms with van der Waals surface area (Å²) in [5.41, 5.74) is 3.97. The van der Waals surface area contributed by atoms with Crippen LogP contribution in [0, 0.1) is 6.92 Å². The SMILES string of the molecule is Cc1ccc(-c2cc3ccccn3c2C(=O)C(=O)NCc2ccco2)cc1. The van der Waals surface area contributed by atoms with Crippen LogP contribution in [0.15, 0.2) is 77.5 Å². The van der Waals surface area contributed by atoms with Gasteiger partial charge in [0.25, 0.3) is 11.7 Å². The summed E-state index contributed by atoms with van der Waals surface area (Å²) in [6.45, 7) is 2.18. The quantitative estimate of drug-likeness (QED) is 0.433. The van der Waals surface area contributed by atoms with E-state index in [-0.39, 0.29) is 6.54 Å². The molecule has 0 unspecified atom stereocenters. The third kappa shape index (κ3) is 3.27. The fraction of sp³-hybridized carbons (Fsp3) is 0.0909. The molecule has 4 rings (SSSR count). The minimum absolute atomic E-state index is 0.167. The molecule has 0 fully saturated rings. The molecule has 1 amide bonds. The number of carbonyl (C=O) groups is 2. The molecule has 0 bridgehead atoms. The van der Waals surface area contributed by atoms with Crippen molar-refractivity contribution in [3.05, 3.63) is 90.1 Å². The molecule has 27 heavy (non-hydrogen) atoms. The Kier molecular flexibility index (Phi) is 4.34. The summed E-state index contributed by atoms with van der Waals surface area (Å²) in [5, 5.41) is 2.63. The Morgan fingerprint density at radius 3 is 2.59 bits per heavy atom. The highest BCUT2D eigenvalue weighted by molar-refractivity contribution is 6.43. The number of nitrogens with zero attached hydrogens (tertiary/aromatic N) is 1. The van der Waals surface area contributed by atoms with Gasteiger partial charge in [-0.1, -0.05) is 35.9 Å². The van der Waals surface area contributed by atoms with E-state index in [0.29, 0.717) is 11.5 Å². The van der Waals surface area contributed by atoms with E-state index in [2.05, 4.69) is 5.32 Å². The van der Waals surface area contributed by atoms with Crippen molar-refractivity contribution in [1.82, 2.24) is 9.72 Å². The van der Waals surface area contributed by atoms with Crippen molar-refractivity contribution < 1.29 is 14.0 Å². The van der Waals surface area contributed by atoms with Gasteiger partial charge in [0, 0.05) is 17.3 Å². The predicted molar refractivity (Wildman–Crippen MR) is 102 cm³/mol. The van der Waals surface area contributed by atoms with Gasteiger partial charge in [-0.05, 0) is 42.8 Å². The van der Waals surface area contributed by atoms with E-state index in [9.17, 15) is 9.59 Å². The maximum Gasteiger partial charge on any atom is 0.294 e. The summed E-state index contributed by atoms with van der Waals surface area (Å²) >= 11 is 0.